The quantitative estimate of drug-likeness (QED) is 0.104. The van der Waals surface area contributed by atoms with Crippen LogP contribution in [0.2, 0.25) is 0 Å². The predicted molar refractivity (Wildman–Crippen MR) is 152 cm³/mol. The summed E-state index contributed by atoms with van der Waals surface area (Å²) >= 11 is 0. The molecular weight excluding hydrogens is 688 g/mol. The van der Waals surface area contributed by atoms with Crippen LogP contribution in [0.15, 0.2) is 0 Å². The van der Waals surface area contributed by atoms with Gasteiger partial charge in [0.05, 0.1) is 32.0 Å². The van der Waals surface area contributed by atoms with Gasteiger partial charge < -0.3 is 109 Å². The van der Waals surface area contributed by atoms with E-state index in [1.165, 1.54) is 13.8 Å². The number of ether oxygens (including phenoxy) is 9. The first-order valence-corrected chi connectivity index (χ1v) is 16.1. The van der Waals surface area contributed by atoms with E-state index in [1.807, 2.05) is 0 Å². The molecule has 0 aromatic carbocycles. The van der Waals surface area contributed by atoms with Gasteiger partial charge in [0.2, 0.25) is 0 Å². The highest BCUT2D eigenvalue weighted by Gasteiger charge is 2.54. The second-order valence-electron chi connectivity index (χ2n) is 13.0. The summed E-state index contributed by atoms with van der Waals surface area (Å²) in [4.78, 5) is 0. The third-order valence-electron chi connectivity index (χ3n) is 9.48. The third-order valence-corrected chi connectivity index (χ3v) is 9.48. The summed E-state index contributed by atoms with van der Waals surface area (Å²) < 4.78 is 50.3. The lowest BCUT2D eigenvalue weighted by molar-refractivity contribution is -0.392. The lowest BCUT2D eigenvalue weighted by Crippen LogP contribution is -2.66. The first-order valence-electron chi connectivity index (χ1n) is 16.1. The van der Waals surface area contributed by atoms with Crippen LogP contribution in [0.4, 0.5) is 0 Å². The average Bonchev–Trinajstić information content (AvgIpc) is 3.09. The molecule has 0 aliphatic carbocycles. The SMILES string of the molecule is C[C@H]1O[C@@H](O[C@H]2[C@H](O[C@@H]3CO[C@@H](O[C@@H]4[C@@H](O)[C@H](O)O[C@H](CO)[C@H]4O)[C@H](O[C@@H]4O[C@H](C)[C@@H](O)[C@H](O)[C@H]4O)[C@H]3O)OC[C@@H](O)[C@@H]2O)[C@H](O)[C@@H](O)[C@H]1O. The van der Waals surface area contributed by atoms with Crippen molar-refractivity contribution in [2.24, 2.45) is 0 Å². The Balaban J connectivity index is 1.36. The summed E-state index contributed by atoms with van der Waals surface area (Å²) in [5, 5.41) is 135. The number of hydrogen-bond acceptors (Lipinski definition) is 22. The van der Waals surface area contributed by atoms with Gasteiger partial charge in [-0.15, -0.1) is 0 Å². The highest BCUT2D eigenvalue weighted by molar-refractivity contribution is 4.96. The zero-order valence-electron chi connectivity index (χ0n) is 26.9. The average molecular weight is 737 g/mol. The van der Waals surface area contributed by atoms with Crippen molar-refractivity contribution in [2.75, 3.05) is 19.8 Å². The van der Waals surface area contributed by atoms with E-state index in [0.717, 1.165) is 0 Å². The summed E-state index contributed by atoms with van der Waals surface area (Å²) in [6, 6.07) is 0. The van der Waals surface area contributed by atoms with Gasteiger partial charge in [0.25, 0.3) is 0 Å². The van der Waals surface area contributed by atoms with E-state index in [0.29, 0.717) is 0 Å². The molecule has 0 bridgehead atoms. The van der Waals surface area contributed by atoms with Crippen molar-refractivity contribution in [3.8, 4) is 0 Å². The van der Waals surface area contributed by atoms with Gasteiger partial charge in [-0.2, -0.15) is 0 Å². The van der Waals surface area contributed by atoms with Crippen molar-refractivity contribution >= 4 is 0 Å². The normalized spacial score (nSPS) is 55.1. The highest BCUT2D eigenvalue weighted by atomic mass is 16.8. The molecule has 0 aromatic heterocycles. The second kappa shape index (κ2) is 16.6. The Kier molecular flexibility index (Phi) is 13.4. The van der Waals surface area contributed by atoms with Crippen molar-refractivity contribution in [3.63, 3.8) is 0 Å². The van der Waals surface area contributed by atoms with Crippen LogP contribution in [0.5, 0.6) is 0 Å². The Hall–Kier alpha value is -0.880. The molecule has 0 amide bonds. The van der Waals surface area contributed by atoms with Crippen LogP contribution < -0.4 is 0 Å². The standard InChI is InChI=1S/C28H48O22/c1-6-11(31)16(36)18(38)25(44-6)49-22-13(33)8(30)4-42-27(22)47-10-5-43-28(48-21-14(34)9(3-29)46-24(41)20(21)40)23(15(10)35)50-26-19(39)17(37)12(32)7(2)45-26/h6-41H,3-5H2,1-2H3/t6-,7-,8-,9-,10-,11+,12-,13+,14-,15+,16+,17+,18-,19-,20-,21+,22-,23-,24-,25+,26+,27+,28+/m1/s1. The molecule has 0 radical (unpaired) electrons. The van der Waals surface area contributed by atoms with E-state index in [9.17, 15) is 66.4 Å². The smallest absolute Gasteiger partial charge is 0.187 e. The fourth-order valence-electron chi connectivity index (χ4n) is 6.28. The Morgan fingerprint density at radius 1 is 0.460 bits per heavy atom. The van der Waals surface area contributed by atoms with Gasteiger partial charge in [-0.1, -0.05) is 0 Å². The van der Waals surface area contributed by atoms with Gasteiger partial charge in [0.15, 0.2) is 31.5 Å². The zero-order valence-corrected chi connectivity index (χ0v) is 26.9. The summed E-state index contributed by atoms with van der Waals surface area (Å²) in [6.45, 7) is 0.886. The lowest BCUT2D eigenvalue weighted by atomic mass is 9.97. The topological polar surface area (TPSA) is 346 Å². The molecule has 292 valence electrons. The van der Waals surface area contributed by atoms with Crippen molar-refractivity contribution in [1.82, 2.24) is 0 Å². The van der Waals surface area contributed by atoms with Gasteiger partial charge in [0, 0.05) is 0 Å². The fourth-order valence-corrected chi connectivity index (χ4v) is 6.28. The molecule has 22 nitrogen and oxygen atoms in total. The summed E-state index contributed by atoms with van der Waals surface area (Å²) in [5.41, 5.74) is 0. The minimum Gasteiger partial charge on any atom is -0.394 e. The molecule has 5 rings (SSSR count). The molecule has 0 saturated carbocycles. The van der Waals surface area contributed by atoms with Crippen LogP contribution in [0, 0.1) is 0 Å². The van der Waals surface area contributed by atoms with Gasteiger partial charge in [-0.05, 0) is 13.8 Å². The highest BCUT2D eigenvalue weighted by Crippen LogP contribution is 2.34. The summed E-state index contributed by atoms with van der Waals surface area (Å²) in [6.07, 6.45) is -37.9. The number of aliphatic hydroxyl groups is 13. The van der Waals surface area contributed by atoms with Crippen molar-refractivity contribution in [2.45, 2.75) is 155 Å². The van der Waals surface area contributed by atoms with Crippen LogP contribution in [0.1, 0.15) is 13.8 Å². The molecule has 23 atom stereocenters. The predicted octanol–water partition coefficient (Wildman–Crippen LogP) is -8.59. The van der Waals surface area contributed by atoms with E-state index in [4.69, 9.17) is 42.6 Å². The molecule has 22 heteroatoms. The largest absolute Gasteiger partial charge is 0.394 e. The van der Waals surface area contributed by atoms with Crippen LogP contribution >= 0.6 is 0 Å². The van der Waals surface area contributed by atoms with E-state index in [1.54, 1.807) is 0 Å². The maximum Gasteiger partial charge on any atom is 0.187 e. The minimum absolute atomic E-state index is 0.499. The van der Waals surface area contributed by atoms with Crippen LogP contribution in [-0.2, 0) is 42.6 Å². The molecule has 5 saturated heterocycles. The van der Waals surface area contributed by atoms with Gasteiger partial charge in [-0.25, -0.2) is 0 Å². The fraction of sp³-hybridized carbons (Fsp3) is 1.00. The number of hydrogen-bond donors (Lipinski definition) is 13. The molecule has 5 aliphatic rings. The first-order chi connectivity index (χ1) is 23.5. The molecule has 0 aromatic rings. The van der Waals surface area contributed by atoms with Gasteiger partial charge in [0.1, 0.15) is 97.7 Å². The second-order valence-corrected chi connectivity index (χ2v) is 13.0. The van der Waals surface area contributed by atoms with Gasteiger partial charge in [-0.3, -0.25) is 0 Å². The monoisotopic (exact) mass is 736 g/mol. The lowest BCUT2D eigenvalue weighted by Gasteiger charge is -2.48. The first kappa shape index (κ1) is 40.3. The molecule has 50 heavy (non-hydrogen) atoms. The maximum absolute atomic E-state index is 11.6. The molecule has 13 N–H and O–H groups in total. The minimum atomic E-state index is -1.92. The summed E-state index contributed by atoms with van der Waals surface area (Å²) in [5.74, 6) is 0. The summed E-state index contributed by atoms with van der Waals surface area (Å²) in [7, 11) is 0. The number of aliphatic hydroxyl groups excluding tert-OH is 13. The molecule has 5 heterocycles. The van der Waals surface area contributed by atoms with Crippen molar-refractivity contribution < 1.29 is 109 Å². The van der Waals surface area contributed by atoms with Crippen LogP contribution in [0.3, 0.4) is 0 Å². The van der Waals surface area contributed by atoms with E-state index in [2.05, 4.69) is 0 Å². The Labute approximate surface area is 284 Å². The Morgan fingerprint density at radius 3 is 1.48 bits per heavy atom. The molecule has 0 spiro atoms. The Morgan fingerprint density at radius 2 is 0.940 bits per heavy atom. The van der Waals surface area contributed by atoms with Crippen molar-refractivity contribution in [3.05, 3.63) is 0 Å². The third kappa shape index (κ3) is 8.12. The Bertz CT molecular complexity index is 1080. The van der Waals surface area contributed by atoms with Gasteiger partial charge >= 0.3 is 0 Å². The molecule has 5 aliphatic heterocycles. The van der Waals surface area contributed by atoms with Crippen molar-refractivity contribution in [1.29, 1.82) is 0 Å². The number of rotatable bonds is 9. The maximum atomic E-state index is 11.6. The van der Waals surface area contributed by atoms with Crippen LogP contribution in [0.25, 0.3) is 0 Å². The molecular formula is C28H48O22. The van der Waals surface area contributed by atoms with E-state index >= 15 is 0 Å². The van der Waals surface area contributed by atoms with Crippen LogP contribution in [-0.4, -0.2) is 228 Å². The zero-order chi connectivity index (χ0) is 36.8. The molecule has 0 unspecified atom stereocenters. The van der Waals surface area contributed by atoms with E-state index in [-0.39, 0.29) is 0 Å². The molecule has 5 fully saturated rings. The van der Waals surface area contributed by atoms with E-state index < -0.39 is 161 Å².